The van der Waals surface area contributed by atoms with E-state index in [1.165, 1.54) is 11.5 Å². The molecule has 20 heavy (non-hydrogen) atoms. The molecule has 2 saturated heterocycles. The molecule has 0 aliphatic carbocycles. The molecule has 0 radical (unpaired) electrons. The minimum Gasteiger partial charge on any atom is -0.480 e. The van der Waals surface area contributed by atoms with Gasteiger partial charge in [0.2, 0.25) is 0 Å². The van der Waals surface area contributed by atoms with E-state index in [0.29, 0.717) is 6.04 Å². The van der Waals surface area contributed by atoms with E-state index in [1.54, 1.807) is 0 Å². The van der Waals surface area contributed by atoms with Gasteiger partial charge in [0.25, 0.3) is 0 Å². The molecular formula is C15H27NO3S. The van der Waals surface area contributed by atoms with Gasteiger partial charge in [0.15, 0.2) is 0 Å². The van der Waals surface area contributed by atoms with Crippen LogP contribution in [-0.2, 0) is 9.53 Å². The number of ether oxygens (including phenoxy) is 1. The minimum absolute atomic E-state index is 0.0101. The fourth-order valence-electron chi connectivity index (χ4n) is 3.59. The van der Waals surface area contributed by atoms with Crippen molar-refractivity contribution in [3.8, 4) is 0 Å². The quantitative estimate of drug-likeness (QED) is 0.865. The number of carbonyl (C=O) groups is 1. The minimum atomic E-state index is -0.804. The summed E-state index contributed by atoms with van der Waals surface area (Å²) in [6, 6.07) is 0.322. The smallest absolute Gasteiger partial charge is 0.323 e. The normalized spacial score (nSPS) is 26.9. The summed E-state index contributed by atoms with van der Waals surface area (Å²) in [5, 5.41) is 9.50. The van der Waals surface area contributed by atoms with Crippen molar-refractivity contribution in [2.75, 3.05) is 24.7 Å². The highest BCUT2D eigenvalue weighted by atomic mass is 32.2. The fourth-order valence-corrected chi connectivity index (χ4v) is 4.83. The molecule has 0 bridgehead atoms. The molecule has 1 spiro atoms. The van der Waals surface area contributed by atoms with Crippen molar-refractivity contribution in [2.45, 2.75) is 63.6 Å². The molecule has 0 aromatic carbocycles. The molecule has 0 aromatic heterocycles. The number of thioether (sulfide) groups is 1. The van der Waals surface area contributed by atoms with Gasteiger partial charge in [-0.2, -0.15) is 11.8 Å². The van der Waals surface area contributed by atoms with Crippen LogP contribution in [0.2, 0.25) is 0 Å². The van der Waals surface area contributed by atoms with Gasteiger partial charge in [-0.15, -0.1) is 0 Å². The molecule has 2 fully saturated rings. The predicted octanol–water partition coefficient (Wildman–Crippen LogP) is 2.62. The Hall–Kier alpha value is -0.260. The molecule has 2 aliphatic heterocycles. The molecule has 0 aromatic rings. The van der Waals surface area contributed by atoms with Crippen molar-refractivity contribution in [3.05, 3.63) is 0 Å². The van der Waals surface area contributed by atoms with E-state index in [0.717, 1.165) is 38.8 Å². The molecule has 2 aliphatic rings. The third-order valence-corrected chi connectivity index (χ3v) is 5.88. The molecule has 5 heteroatoms. The number of hydrogen-bond acceptors (Lipinski definition) is 4. The van der Waals surface area contributed by atoms with Gasteiger partial charge in [0, 0.05) is 12.6 Å². The highest BCUT2D eigenvalue weighted by molar-refractivity contribution is 7.99. The molecule has 0 saturated carbocycles. The second-order valence-electron chi connectivity index (χ2n) is 6.44. The van der Waals surface area contributed by atoms with Crippen LogP contribution in [-0.4, -0.2) is 57.8 Å². The van der Waals surface area contributed by atoms with E-state index >= 15 is 0 Å². The van der Waals surface area contributed by atoms with Crippen molar-refractivity contribution >= 4 is 17.7 Å². The molecule has 1 N–H and O–H groups in total. The Balaban J connectivity index is 2.12. The third kappa shape index (κ3) is 3.15. The summed E-state index contributed by atoms with van der Waals surface area (Å²) in [6.07, 6.45) is 4.15. The topological polar surface area (TPSA) is 49.8 Å². The van der Waals surface area contributed by atoms with E-state index in [2.05, 4.69) is 11.8 Å². The molecule has 2 rings (SSSR count). The molecule has 4 nitrogen and oxygen atoms in total. The summed E-state index contributed by atoms with van der Waals surface area (Å²) >= 11 is 2.00. The lowest BCUT2D eigenvalue weighted by Crippen LogP contribution is -2.59. The van der Waals surface area contributed by atoms with Crippen molar-refractivity contribution in [1.82, 2.24) is 4.90 Å². The third-order valence-electron chi connectivity index (χ3n) is 4.89. The Labute approximate surface area is 126 Å². The van der Waals surface area contributed by atoms with Gasteiger partial charge in [0.05, 0.1) is 5.60 Å². The Morgan fingerprint density at radius 1 is 1.45 bits per heavy atom. The fraction of sp³-hybridized carbons (Fsp3) is 0.933. The van der Waals surface area contributed by atoms with E-state index < -0.39 is 11.5 Å². The SMILES string of the molecule is CCN(C1CCOC2(CCSCC2)C1)C(C)(C)C(=O)O. The molecule has 2 heterocycles. The molecule has 0 amide bonds. The molecule has 1 unspecified atom stereocenters. The number of nitrogens with zero attached hydrogens (tertiary/aromatic N) is 1. The monoisotopic (exact) mass is 301 g/mol. The lowest BCUT2D eigenvalue weighted by Gasteiger charge is -2.49. The second-order valence-corrected chi connectivity index (χ2v) is 7.67. The van der Waals surface area contributed by atoms with Crippen LogP contribution >= 0.6 is 11.8 Å². The first kappa shape index (κ1) is 16.1. The Bertz CT molecular complexity index is 348. The zero-order chi connectivity index (χ0) is 14.8. The van der Waals surface area contributed by atoms with E-state index in [-0.39, 0.29) is 5.60 Å². The maximum absolute atomic E-state index is 11.6. The number of carboxylic acids is 1. The average Bonchev–Trinajstić information content (AvgIpc) is 2.40. The van der Waals surface area contributed by atoms with Gasteiger partial charge < -0.3 is 9.84 Å². The molecule has 1 atom stereocenters. The number of hydrogen-bond donors (Lipinski definition) is 1. The Kier molecular flexibility index (Phi) is 5.03. The number of rotatable bonds is 4. The summed E-state index contributed by atoms with van der Waals surface area (Å²) < 4.78 is 6.12. The summed E-state index contributed by atoms with van der Waals surface area (Å²) in [5.41, 5.74) is -0.794. The van der Waals surface area contributed by atoms with Crippen LogP contribution in [0.3, 0.4) is 0 Å². The van der Waals surface area contributed by atoms with Crippen molar-refractivity contribution < 1.29 is 14.6 Å². The summed E-state index contributed by atoms with van der Waals surface area (Å²) in [4.78, 5) is 13.7. The van der Waals surface area contributed by atoms with Gasteiger partial charge in [-0.1, -0.05) is 6.92 Å². The van der Waals surface area contributed by atoms with Crippen LogP contribution in [0, 0.1) is 0 Å². The lowest BCUT2D eigenvalue weighted by atomic mass is 9.83. The van der Waals surface area contributed by atoms with Crippen LogP contribution in [0.5, 0.6) is 0 Å². The van der Waals surface area contributed by atoms with Crippen LogP contribution in [0.1, 0.15) is 46.5 Å². The summed E-state index contributed by atoms with van der Waals surface area (Å²) in [5.74, 6) is 1.60. The first-order valence-corrected chi connectivity index (χ1v) is 8.78. The standard InChI is InChI=1S/C15H27NO3S/c1-4-16(14(2,3)13(17)18)12-5-8-19-15(11-12)6-9-20-10-7-15/h12H,4-11H2,1-3H3,(H,17,18). The Morgan fingerprint density at radius 2 is 2.10 bits per heavy atom. The van der Waals surface area contributed by atoms with Crippen molar-refractivity contribution in [1.29, 1.82) is 0 Å². The van der Waals surface area contributed by atoms with E-state index in [4.69, 9.17) is 4.74 Å². The maximum Gasteiger partial charge on any atom is 0.323 e. The van der Waals surface area contributed by atoms with Gasteiger partial charge in [-0.3, -0.25) is 9.69 Å². The highest BCUT2D eigenvalue weighted by Crippen LogP contribution is 2.40. The number of likely N-dealkylation sites (N-methyl/N-ethyl adjacent to an activating group) is 1. The average molecular weight is 301 g/mol. The first-order chi connectivity index (χ1) is 9.41. The van der Waals surface area contributed by atoms with Crippen molar-refractivity contribution in [3.63, 3.8) is 0 Å². The highest BCUT2D eigenvalue weighted by Gasteiger charge is 2.45. The van der Waals surface area contributed by atoms with Gasteiger partial charge in [-0.25, -0.2) is 0 Å². The lowest BCUT2D eigenvalue weighted by molar-refractivity contribution is -0.158. The predicted molar refractivity (Wildman–Crippen MR) is 82.4 cm³/mol. The van der Waals surface area contributed by atoms with Crippen LogP contribution in [0.15, 0.2) is 0 Å². The van der Waals surface area contributed by atoms with Gasteiger partial charge >= 0.3 is 5.97 Å². The molecule has 116 valence electrons. The van der Waals surface area contributed by atoms with Gasteiger partial charge in [-0.05, 0) is 57.6 Å². The Morgan fingerprint density at radius 3 is 2.65 bits per heavy atom. The van der Waals surface area contributed by atoms with Gasteiger partial charge in [0.1, 0.15) is 5.54 Å². The van der Waals surface area contributed by atoms with E-state index in [9.17, 15) is 9.90 Å². The largest absolute Gasteiger partial charge is 0.480 e. The first-order valence-electron chi connectivity index (χ1n) is 7.63. The van der Waals surface area contributed by atoms with Crippen LogP contribution in [0.25, 0.3) is 0 Å². The van der Waals surface area contributed by atoms with E-state index in [1.807, 2.05) is 25.6 Å². The molecular weight excluding hydrogens is 274 g/mol. The zero-order valence-corrected chi connectivity index (χ0v) is 13.7. The van der Waals surface area contributed by atoms with Crippen LogP contribution in [0.4, 0.5) is 0 Å². The summed E-state index contributed by atoms with van der Waals surface area (Å²) in [6.45, 7) is 7.23. The zero-order valence-electron chi connectivity index (χ0n) is 12.9. The second kappa shape index (κ2) is 6.24. The number of aliphatic carboxylic acids is 1. The van der Waals surface area contributed by atoms with Crippen molar-refractivity contribution in [2.24, 2.45) is 0 Å². The maximum atomic E-state index is 11.6. The van der Waals surface area contributed by atoms with Crippen LogP contribution < -0.4 is 0 Å². The number of carboxylic acid groups (broad SMARTS) is 1. The summed E-state index contributed by atoms with van der Waals surface area (Å²) in [7, 11) is 0.